The molecule has 0 radical (unpaired) electrons. The molecule has 0 fully saturated rings. The monoisotopic (exact) mass is 228 g/mol. The van der Waals surface area contributed by atoms with Crippen molar-refractivity contribution in [3.63, 3.8) is 0 Å². The predicted octanol–water partition coefficient (Wildman–Crippen LogP) is 0.789. The van der Waals surface area contributed by atoms with Gasteiger partial charge in [-0.15, -0.1) is 0 Å². The summed E-state index contributed by atoms with van der Waals surface area (Å²) in [4.78, 5) is 11.5. The molecule has 0 spiro atoms. The van der Waals surface area contributed by atoms with E-state index in [1.165, 1.54) is 0 Å². The van der Waals surface area contributed by atoms with E-state index in [9.17, 15) is 0 Å². The highest BCUT2D eigenvalue weighted by atomic mass is 15.1. The van der Waals surface area contributed by atoms with E-state index in [0.717, 1.165) is 11.3 Å². The molecule has 2 aromatic rings. The summed E-state index contributed by atoms with van der Waals surface area (Å²) >= 11 is 0. The lowest BCUT2D eigenvalue weighted by Gasteiger charge is -1.97. The number of anilines is 3. The Kier molecular flexibility index (Phi) is 2.87. The average Bonchev–Trinajstić information content (AvgIpc) is 2.27. The van der Waals surface area contributed by atoms with Crippen molar-refractivity contribution in [2.24, 2.45) is 0 Å². The number of hydrogen-bond donors (Lipinski definition) is 3. The van der Waals surface area contributed by atoms with Crippen molar-refractivity contribution in [2.45, 2.75) is 0 Å². The molecule has 6 heteroatoms. The lowest BCUT2D eigenvalue weighted by atomic mass is 10.2. The first kappa shape index (κ1) is 10.9. The topological polar surface area (TPSA) is 117 Å². The van der Waals surface area contributed by atoms with Crippen molar-refractivity contribution in [1.29, 1.82) is 0 Å². The van der Waals surface area contributed by atoms with Crippen LogP contribution in [0.3, 0.4) is 0 Å². The van der Waals surface area contributed by atoms with Gasteiger partial charge in [0.15, 0.2) is 5.82 Å². The molecule has 1 aromatic heterocycles. The van der Waals surface area contributed by atoms with Crippen LogP contribution >= 0.6 is 0 Å². The van der Waals surface area contributed by atoms with Crippen LogP contribution in [0.15, 0.2) is 24.3 Å². The third kappa shape index (κ3) is 2.91. The molecule has 6 nitrogen and oxygen atoms in total. The third-order valence-electron chi connectivity index (χ3n) is 2.05. The molecule has 0 aliphatic rings. The summed E-state index contributed by atoms with van der Waals surface area (Å²) in [6.07, 6.45) is 3.55. The third-order valence-corrected chi connectivity index (χ3v) is 2.05. The van der Waals surface area contributed by atoms with Gasteiger partial charge in [-0.2, -0.15) is 15.0 Å². The molecule has 0 aliphatic heterocycles. The van der Waals surface area contributed by atoms with Gasteiger partial charge in [0.1, 0.15) is 0 Å². The lowest BCUT2D eigenvalue weighted by Crippen LogP contribution is -2.03. The first-order chi connectivity index (χ1) is 8.13. The van der Waals surface area contributed by atoms with E-state index >= 15 is 0 Å². The highest BCUT2D eigenvalue weighted by Gasteiger charge is 1.97. The Bertz CT molecular complexity index is 526. The second-order valence-electron chi connectivity index (χ2n) is 3.41. The first-order valence-corrected chi connectivity index (χ1v) is 4.94. The van der Waals surface area contributed by atoms with Crippen molar-refractivity contribution in [3.05, 3.63) is 35.7 Å². The Morgan fingerprint density at radius 1 is 0.765 bits per heavy atom. The minimum atomic E-state index is 0.106. The maximum absolute atomic E-state index is 5.58. The van der Waals surface area contributed by atoms with E-state index in [0.29, 0.717) is 5.82 Å². The fourth-order valence-corrected chi connectivity index (χ4v) is 1.28. The number of rotatable bonds is 2. The molecule has 6 N–H and O–H groups in total. The minimum absolute atomic E-state index is 0.106. The van der Waals surface area contributed by atoms with Crippen LogP contribution in [-0.4, -0.2) is 15.0 Å². The lowest BCUT2D eigenvalue weighted by molar-refractivity contribution is 1.06. The maximum Gasteiger partial charge on any atom is 0.225 e. The van der Waals surface area contributed by atoms with Crippen molar-refractivity contribution in [2.75, 3.05) is 17.2 Å². The largest absolute Gasteiger partial charge is 0.399 e. The summed E-state index contributed by atoms with van der Waals surface area (Å²) in [6, 6.07) is 7.41. The molecule has 0 saturated carbocycles. The summed E-state index contributed by atoms with van der Waals surface area (Å²) in [7, 11) is 0. The van der Waals surface area contributed by atoms with Gasteiger partial charge in [0.2, 0.25) is 11.9 Å². The second kappa shape index (κ2) is 4.48. The molecule has 0 aliphatic carbocycles. The van der Waals surface area contributed by atoms with Crippen LogP contribution in [0.4, 0.5) is 17.6 Å². The number of nitrogens with zero attached hydrogens (tertiary/aromatic N) is 3. The van der Waals surface area contributed by atoms with E-state index in [1.54, 1.807) is 6.08 Å². The van der Waals surface area contributed by atoms with Gasteiger partial charge in [0.25, 0.3) is 0 Å². The van der Waals surface area contributed by atoms with Crippen molar-refractivity contribution in [3.8, 4) is 0 Å². The number of hydrogen-bond acceptors (Lipinski definition) is 6. The van der Waals surface area contributed by atoms with E-state index < -0.39 is 0 Å². The quantitative estimate of drug-likeness (QED) is 0.654. The van der Waals surface area contributed by atoms with E-state index in [1.807, 2.05) is 30.3 Å². The van der Waals surface area contributed by atoms with Crippen LogP contribution in [0.1, 0.15) is 11.4 Å². The highest BCUT2D eigenvalue weighted by molar-refractivity contribution is 5.67. The first-order valence-electron chi connectivity index (χ1n) is 4.94. The second-order valence-corrected chi connectivity index (χ2v) is 3.41. The summed E-state index contributed by atoms with van der Waals surface area (Å²) in [6.45, 7) is 0. The van der Waals surface area contributed by atoms with Crippen LogP contribution in [0.25, 0.3) is 12.2 Å². The Morgan fingerprint density at radius 3 is 1.94 bits per heavy atom. The highest BCUT2D eigenvalue weighted by Crippen LogP contribution is 2.09. The number of benzene rings is 1. The fourth-order valence-electron chi connectivity index (χ4n) is 1.28. The molecule has 0 saturated heterocycles. The summed E-state index contributed by atoms with van der Waals surface area (Å²) in [5, 5.41) is 0. The van der Waals surface area contributed by atoms with E-state index in [4.69, 9.17) is 17.2 Å². The van der Waals surface area contributed by atoms with Crippen LogP contribution in [-0.2, 0) is 0 Å². The summed E-state index contributed by atoms with van der Waals surface area (Å²) in [5.74, 6) is 0.635. The Hall–Kier alpha value is -2.63. The van der Waals surface area contributed by atoms with Crippen LogP contribution in [0.2, 0.25) is 0 Å². The van der Waals surface area contributed by atoms with Gasteiger partial charge in [0, 0.05) is 5.69 Å². The fraction of sp³-hybridized carbons (Fsp3) is 0. The van der Waals surface area contributed by atoms with Crippen molar-refractivity contribution >= 4 is 29.7 Å². The smallest absolute Gasteiger partial charge is 0.225 e. The molecular weight excluding hydrogens is 216 g/mol. The molecule has 86 valence electrons. The van der Waals surface area contributed by atoms with E-state index in [2.05, 4.69) is 15.0 Å². The predicted molar refractivity (Wildman–Crippen MR) is 68.4 cm³/mol. The van der Waals surface area contributed by atoms with Gasteiger partial charge < -0.3 is 17.2 Å². The normalized spacial score (nSPS) is 10.8. The molecular formula is C11H12N6. The van der Waals surface area contributed by atoms with Gasteiger partial charge >= 0.3 is 0 Å². The Labute approximate surface area is 98.2 Å². The van der Waals surface area contributed by atoms with Gasteiger partial charge in [-0.05, 0) is 23.8 Å². The van der Waals surface area contributed by atoms with Gasteiger partial charge in [0.05, 0.1) is 0 Å². The zero-order chi connectivity index (χ0) is 12.3. The van der Waals surface area contributed by atoms with Crippen LogP contribution in [0, 0.1) is 0 Å². The molecule has 0 amide bonds. The zero-order valence-electron chi connectivity index (χ0n) is 9.04. The number of aromatic nitrogens is 3. The number of nitrogen functional groups attached to an aromatic ring is 3. The molecule has 0 atom stereocenters. The molecule has 0 bridgehead atoms. The molecule has 2 rings (SSSR count). The number of nitrogens with two attached hydrogens (primary N) is 3. The summed E-state index contributed by atoms with van der Waals surface area (Å²) in [5.41, 5.74) is 18.2. The van der Waals surface area contributed by atoms with Crippen LogP contribution in [0.5, 0.6) is 0 Å². The molecule has 0 unspecified atom stereocenters. The SMILES string of the molecule is Nc1ccc(/C=C/c2nc(N)nc(N)n2)cc1. The van der Waals surface area contributed by atoms with Crippen molar-refractivity contribution < 1.29 is 0 Å². The van der Waals surface area contributed by atoms with Crippen LogP contribution < -0.4 is 17.2 Å². The zero-order valence-corrected chi connectivity index (χ0v) is 9.04. The molecule has 1 heterocycles. The standard InChI is InChI=1S/C11H12N6/c12-8-4-1-7(2-5-8)3-6-9-15-10(13)17-11(14)16-9/h1-6H,12H2,(H4,13,14,15,16,17)/b6-3+. The Morgan fingerprint density at radius 2 is 1.35 bits per heavy atom. The van der Waals surface area contributed by atoms with Crippen molar-refractivity contribution in [1.82, 2.24) is 15.0 Å². The summed E-state index contributed by atoms with van der Waals surface area (Å²) < 4.78 is 0. The maximum atomic E-state index is 5.58. The van der Waals surface area contributed by atoms with Gasteiger partial charge in [-0.25, -0.2) is 0 Å². The van der Waals surface area contributed by atoms with Gasteiger partial charge in [-0.1, -0.05) is 18.2 Å². The molecule has 17 heavy (non-hydrogen) atoms. The minimum Gasteiger partial charge on any atom is -0.399 e. The van der Waals surface area contributed by atoms with E-state index in [-0.39, 0.29) is 11.9 Å². The average molecular weight is 228 g/mol. The van der Waals surface area contributed by atoms with Gasteiger partial charge in [-0.3, -0.25) is 0 Å². The molecule has 1 aromatic carbocycles. The Balaban J connectivity index is 2.22.